The Morgan fingerprint density at radius 2 is 1.72 bits per heavy atom. The summed E-state index contributed by atoms with van der Waals surface area (Å²) in [7, 11) is 0. The molecule has 0 fully saturated rings. The van der Waals surface area contributed by atoms with Gasteiger partial charge in [0, 0.05) is 5.41 Å². The van der Waals surface area contributed by atoms with E-state index >= 15 is 0 Å². The Hall–Kier alpha value is -1.83. The monoisotopic (exact) mass is 240 g/mol. The lowest BCUT2D eigenvalue weighted by Crippen LogP contribution is -2.16. The van der Waals surface area contributed by atoms with Crippen LogP contribution in [0.15, 0.2) is 24.3 Å². The molecule has 92 valence electrons. The van der Waals surface area contributed by atoms with Crippen LogP contribution < -0.4 is 4.74 Å². The Bertz CT molecular complexity index is 577. The summed E-state index contributed by atoms with van der Waals surface area (Å²) >= 11 is 0. The predicted octanol–water partition coefficient (Wildman–Crippen LogP) is 3.60. The van der Waals surface area contributed by atoms with Crippen molar-refractivity contribution in [3.63, 3.8) is 0 Å². The van der Waals surface area contributed by atoms with Crippen LogP contribution in [0.2, 0.25) is 0 Å². The van der Waals surface area contributed by atoms with Crippen molar-refractivity contribution in [2.24, 2.45) is 5.41 Å². The average Bonchev–Trinajstić information content (AvgIpc) is 2.47. The maximum absolute atomic E-state index is 11.3. The van der Waals surface area contributed by atoms with Crippen molar-refractivity contribution in [2.75, 3.05) is 0 Å². The SMILES string of the molecule is CC1(C)C=Cc2cc3c(cc2C=C1)OC(=O)CC3. The number of aryl methyl sites for hydroxylation is 1. The molecule has 1 aliphatic carbocycles. The fourth-order valence-corrected chi connectivity index (χ4v) is 2.31. The molecule has 18 heavy (non-hydrogen) atoms. The van der Waals surface area contributed by atoms with Crippen LogP contribution in [0.5, 0.6) is 5.75 Å². The molecule has 0 unspecified atom stereocenters. The van der Waals surface area contributed by atoms with Gasteiger partial charge < -0.3 is 4.74 Å². The zero-order valence-corrected chi connectivity index (χ0v) is 10.7. The van der Waals surface area contributed by atoms with Crippen LogP contribution in [0.1, 0.15) is 37.0 Å². The van der Waals surface area contributed by atoms with Gasteiger partial charge in [0.05, 0.1) is 6.42 Å². The lowest BCUT2D eigenvalue weighted by Gasteiger charge is -2.17. The smallest absolute Gasteiger partial charge is 0.311 e. The van der Waals surface area contributed by atoms with Crippen LogP contribution in [0.4, 0.5) is 0 Å². The summed E-state index contributed by atoms with van der Waals surface area (Å²) < 4.78 is 5.29. The van der Waals surface area contributed by atoms with Gasteiger partial charge in [-0.05, 0) is 35.2 Å². The Morgan fingerprint density at radius 3 is 2.44 bits per heavy atom. The van der Waals surface area contributed by atoms with E-state index < -0.39 is 0 Å². The molecule has 2 nitrogen and oxygen atoms in total. The zero-order chi connectivity index (χ0) is 12.8. The van der Waals surface area contributed by atoms with E-state index in [2.05, 4.69) is 44.2 Å². The zero-order valence-electron chi connectivity index (χ0n) is 10.7. The van der Waals surface area contributed by atoms with E-state index in [4.69, 9.17) is 4.74 Å². The maximum Gasteiger partial charge on any atom is 0.311 e. The number of ether oxygens (including phenoxy) is 1. The third kappa shape index (κ3) is 1.99. The first kappa shape index (κ1) is 11.3. The van der Waals surface area contributed by atoms with Gasteiger partial charge in [0.25, 0.3) is 0 Å². The quantitative estimate of drug-likeness (QED) is 0.511. The van der Waals surface area contributed by atoms with Crippen LogP contribution in [0, 0.1) is 5.41 Å². The van der Waals surface area contributed by atoms with Crippen molar-refractivity contribution < 1.29 is 9.53 Å². The topological polar surface area (TPSA) is 26.3 Å². The second-order valence-corrected chi connectivity index (χ2v) is 5.55. The van der Waals surface area contributed by atoms with E-state index in [1.807, 2.05) is 6.07 Å². The van der Waals surface area contributed by atoms with Crippen molar-refractivity contribution in [2.45, 2.75) is 26.7 Å². The standard InChI is InChI=1S/C16H16O2/c1-16(2)7-5-11-9-13-3-4-15(17)18-14(13)10-12(11)6-8-16/h5-10H,3-4H2,1-2H3. The molecule has 0 N–H and O–H groups in total. The van der Waals surface area contributed by atoms with Crippen molar-refractivity contribution in [1.29, 1.82) is 0 Å². The Kier molecular flexibility index (Phi) is 2.40. The Balaban J connectivity index is 2.10. The number of carbonyl (C=O) groups is 1. The fraction of sp³-hybridized carbons (Fsp3) is 0.312. The van der Waals surface area contributed by atoms with E-state index in [-0.39, 0.29) is 11.4 Å². The highest BCUT2D eigenvalue weighted by Crippen LogP contribution is 2.34. The average molecular weight is 240 g/mol. The molecular formula is C16H16O2. The van der Waals surface area contributed by atoms with E-state index in [1.54, 1.807) is 0 Å². The molecule has 0 spiro atoms. The molecule has 0 aromatic heterocycles. The second-order valence-electron chi connectivity index (χ2n) is 5.55. The van der Waals surface area contributed by atoms with E-state index in [0.29, 0.717) is 6.42 Å². The largest absolute Gasteiger partial charge is 0.426 e. The van der Waals surface area contributed by atoms with Crippen LogP contribution in [-0.2, 0) is 11.2 Å². The third-order valence-corrected chi connectivity index (χ3v) is 3.47. The summed E-state index contributed by atoms with van der Waals surface area (Å²) in [4.78, 5) is 11.3. The molecule has 0 saturated carbocycles. The molecule has 0 radical (unpaired) electrons. The van der Waals surface area contributed by atoms with Crippen molar-refractivity contribution in [3.8, 4) is 5.75 Å². The summed E-state index contributed by atoms with van der Waals surface area (Å²) in [5, 5.41) is 0. The van der Waals surface area contributed by atoms with Gasteiger partial charge in [0.1, 0.15) is 5.75 Å². The molecular weight excluding hydrogens is 224 g/mol. The number of hydrogen-bond acceptors (Lipinski definition) is 2. The molecule has 1 aliphatic heterocycles. The molecule has 3 rings (SSSR count). The molecule has 2 heteroatoms. The highest BCUT2D eigenvalue weighted by atomic mass is 16.5. The van der Waals surface area contributed by atoms with Gasteiger partial charge in [-0.25, -0.2) is 0 Å². The molecule has 0 atom stereocenters. The minimum atomic E-state index is -0.129. The van der Waals surface area contributed by atoms with Gasteiger partial charge in [-0.2, -0.15) is 0 Å². The Morgan fingerprint density at radius 1 is 1.06 bits per heavy atom. The summed E-state index contributed by atoms with van der Waals surface area (Å²) in [6.45, 7) is 4.34. The predicted molar refractivity (Wildman–Crippen MR) is 72.2 cm³/mol. The number of carbonyl (C=O) groups excluding carboxylic acids is 1. The number of rotatable bonds is 0. The lowest BCUT2D eigenvalue weighted by molar-refractivity contribution is -0.135. The van der Waals surface area contributed by atoms with E-state index in [0.717, 1.165) is 23.3 Å². The van der Waals surface area contributed by atoms with Gasteiger partial charge in [-0.15, -0.1) is 0 Å². The molecule has 2 aliphatic rings. The van der Waals surface area contributed by atoms with Crippen molar-refractivity contribution in [3.05, 3.63) is 41.0 Å². The molecule has 0 saturated heterocycles. The molecule has 1 aromatic carbocycles. The van der Waals surface area contributed by atoms with Gasteiger partial charge >= 0.3 is 5.97 Å². The number of fused-ring (bicyclic) bond motifs is 2. The molecule has 0 bridgehead atoms. The first-order valence-electron chi connectivity index (χ1n) is 6.30. The highest BCUT2D eigenvalue weighted by Gasteiger charge is 2.20. The summed E-state index contributed by atoms with van der Waals surface area (Å²) in [6.07, 6.45) is 9.91. The number of allylic oxidation sites excluding steroid dienone is 2. The molecule has 0 amide bonds. The van der Waals surface area contributed by atoms with Crippen molar-refractivity contribution >= 4 is 18.1 Å². The highest BCUT2D eigenvalue weighted by molar-refractivity contribution is 5.78. The summed E-state index contributed by atoms with van der Waals surface area (Å²) in [5.74, 6) is 0.596. The van der Waals surface area contributed by atoms with Crippen LogP contribution in [0.3, 0.4) is 0 Å². The van der Waals surface area contributed by atoms with Gasteiger partial charge in [0.15, 0.2) is 0 Å². The van der Waals surface area contributed by atoms with Crippen LogP contribution in [-0.4, -0.2) is 5.97 Å². The van der Waals surface area contributed by atoms with Gasteiger partial charge in [-0.1, -0.05) is 38.2 Å². The van der Waals surface area contributed by atoms with E-state index in [9.17, 15) is 4.79 Å². The third-order valence-electron chi connectivity index (χ3n) is 3.47. The Labute approximate surface area is 107 Å². The first-order valence-corrected chi connectivity index (χ1v) is 6.30. The number of hydrogen-bond donors (Lipinski definition) is 0. The van der Waals surface area contributed by atoms with Gasteiger partial charge in [-0.3, -0.25) is 4.79 Å². The molecule has 1 heterocycles. The van der Waals surface area contributed by atoms with Crippen LogP contribution in [0.25, 0.3) is 12.2 Å². The minimum Gasteiger partial charge on any atom is -0.426 e. The number of esters is 1. The normalized spacial score (nSPS) is 19.8. The van der Waals surface area contributed by atoms with Crippen molar-refractivity contribution in [1.82, 2.24) is 0 Å². The lowest BCUT2D eigenvalue weighted by atomic mass is 9.93. The summed E-state index contributed by atoms with van der Waals surface area (Å²) in [5.41, 5.74) is 3.51. The maximum atomic E-state index is 11.3. The van der Waals surface area contributed by atoms with E-state index in [1.165, 1.54) is 5.56 Å². The van der Waals surface area contributed by atoms with Crippen LogP contribution >= 0.6 is 0 Å². The van der Waals surface area contributed by atoms with Gasteiger partial charge in [0.2, 0.25) is 0 Å². The number of benzene rings is 1. The minimum absolute atomic E-state index is 0.0657. The second kappa shape index (κ2) is 3.84. The summed E-state index contributed by atoms with van der Waals surface area (Å²) in [6, 6.07) is 4.11. The first-order chi connectivity index (χ1) is 8.53. The fourth-order valence-electron chi connectivity index (χ4n) is 2.31. The molecule has 1 aromatic rings.